The van der Waals surface area contributed by atoms with Gasteiger partial charge in [0.1, 0.15) is 0 Å². The van der Waals surface area contributed by atoms with Gasteiger partial charge < -0.3 is 5.73 Å². The predicted octanol–water partition coefficient (Wildman–Crippen LogP) is 2.55. The predicted molar refractivity (Wildman–Crippen MR) is 47.0 cm³/mol. The van der Waals surface area contributed by atoms with Crippen molar-refractivity contribution < 1.29 is 0 Å². The molecule has 0 aliphatic carbocycles. The van der Waals surface area contributed by atoms with Crippen molar-refractivity contribution >= 4 is 0 Å². The van der Waals surface area contributed by atoms with E-state index in [-0.39, 0.29) is 0 Å². The molecule has 0 saturated carbocycles. The summed E-state index contributed by atoms with van der Waals surface area (Å²) >= 11 is 0. The van der Waals surface area contributed by atoms with Gasteiger partial charge in [-0.1, -0.05) is 40.0 Å². The lowest BCUT2D eigenvalue weighted by atomic mass is 9.87. The van der Waals surface area contributed by atoms with Crippen LogP contribution in [0.4, 0.5) is 0 Å². The van der Waals surface area contributed by atoms with Crippen LogP contribution < -0.4 is 5.73 Å². The van der Waals surface area contributed by atoms with E-state index in [9.17, 15) is 0 Å². The third-order valence-corrected chi connectivity index (χ3v) is 2.01. The summed E-state index contributed by atoms with van der Waals surface area (Å²) in [7, 11) is 0. The zero-order valence-electron chi connectivity index (χ0n) is 7.61. The van der Waals surface area contributed by atoms with Crippen molar-refractivity contribution in [1.29, 1.82) is 0 Å². The van der Waals surface area contributed by atoms with Crippen LogP contribution in [0.15, 0.2) is 0 Å². The van der Waals surface area contributed by atoms with Crippen LogP contribution in [-0.2, 0) is 0 Å². The van der Waals surface area contributed by atoms with Crippen molar-refractivity contribution in [2.45, 2.75) is 46.5 Å². The Kier molecular flexibility index (Phi) is 4.71. The third kappa shape index (κ3) is 4.80. The SMILES string of the molecule is CCCCCC(C)(C)CN. The van der Waals surface area contributed by atoms with E-state index in [4.69, 9.17) is 5.73 Å². The fraction of sp³-hybridized carbons (Fsp3) is 1.00. The maximum atomic E-state index is 5.59. The van der Waals surface area contributed by atoms with E-state index < -0.39 is 0 Å². The average Bonchev–Trinajstić information content (AvgIpc) is 1.89. The topological polar surface area (TPSA) is 26.0 Å². The van der Waals surface area contributed by atoms with Crippen LogP contribution in [0.25, 0.3) is 0 Å². The highest BCUT2D eigenvalue weighted by molar-refractivity contribution is 4.68. The molecule has 0 fully saturated rings. The Bertz CT molecular complexity index is 76.8. The molecule has 0 aromatic rings. The molecular weight excluding hydrogens is 122 g/mol. The van der Waals surface area contributed by atoms with Gasteiger partial charge in [-0.2, -0.15) is 0 Å². The first kappa shape index (κ1) is 9.96. The summed E-state index contributed by atoms with van der Waals surface area (Å²) in [4.78, 5) is 0. The highest BCUT2D eigenvalue weighted by Gasteiger charge is 2.13. The Morgan fingerprint density at radius 1 is 1.20 bits per heavy atom. The highest BCUT2D eigenvalue weighted by atomic mass is 14.6. The van der Waals surface area contributed by atoms with E-state index >= 15 is 0 Å². The minimum absolute atomic E-state index is 0.370. The molecular formula is C9H21N. The van der Waals surface area contributed by atoms with Crippen LogP contribution in [0.3, 0.4) is 0 Å². The fourth-order valence-electron chi connectivity index (χ4n) is 0.956. The normalized spacial score (nSPS) is 12.0. The van der Waals surface area contributed by atoms with Gasteiger partial charge in [-0.15, -0.1) is 0 Å². The molecule has 0 unspecified atom stereocenters. The van der Waals surface area contributed by atoms with E-state index in [1.165, 1.54) is 25.7 Å². The monoisotopic (exact) mass is 143 g/mol. The molecule has 0 amide bonds. The molecule has 10 heavy (non-hydrogen) atoms. The molecule has 0 aliphatic heterocycles. The molecule has 0 radical (unpaired) electrons. The Labute approximate surface area is 65.0 Å². The Balaban J connectivity index is 3.28. The molecule has 1 heteroatoms. The van der Waals surface area contributed by atoms with Crippen LogP contribution in [0.2, 0.25) is 0 Å². The second-order valence-corrected chi connectivity index (χ2v) is 3.83. The fourth-order valence-corrected chi connectivity index (χ4v) is 0.956. The molecule has 0 rings (SSSR count). The first-order chi connectivity index (χ1) is 4.62. The van der Waals surface area contributed by atoms with Gasteiger partial charge in [-0.25, -0.2) is 0 Å². The minimum Gasteiger partial charge on any atom is -0.330 e. The first-order valence-electron chi connectivity index (χ1n) is 4.32. The number of nitrogens with two attached hydrogens (primary N) is 1. The summed E-state index contributed by atoms with van der Waals surface area (Å²) in [5.41, 5.74) is 5.96. The summed E-state index contributed by atoms with van der Waals surface area (Å²) in [6.07, 6.45) is 5.27. The summed E-state index contributed by atoms with van der Waals surface area (Å²) in [5, 5.41) is 0. The van der Waals surface area contributed by atoms with Crippen molar-refractivity contribution in [1.82, 2.24) is 0 Å². The van der Waals surface area contributed by atoms with Crippen molar-refractivity contribution in [2.75, 3.05) is 6.54 Å². The van der Waals surface area contributed by atoms with E-state index in [2.05, 4.69) is 20.8 Å². The van der Waals surface area contributed by atoms with Gasteiger partial charge in [0, 0.05) is 0 Å². The van der Waals surface area contributed by atoms with Crippen molar-refractivity contribution in [3.05, 3.63) is 0 Å². The zero-order valence-corrected chi connectivity index (χ0v) is 7.61. The van der Waals surface area contributed by atoms with Crippen LogP contribution in [0, 0.1) is 5.41 Å². The van der Waals surface area contributed by atoms with Crippen molar-refractivity contribution in [3.8, 4) is 0 Å². The van der Waals surface area contributed by atoms with Crippen molar-refractivity contribution in [2.24, 2.45) is 11.1 Å². The van der Waals surface area contributed by atoms with Crippen LogP contribution >= 0.6 is 0 Å². The summed E-state index contributed by atoms with van der Waals surface area (Å²) in [6.45, 7) is 7.53. The molecule has 1 nitrogen and oxygen atoms in total. The number of unbranched alkanes of at least 4 members (excludes halogenated alkanes) is 2. The zero-order chi connectivity index (χ0) is 8.04. The lowest BCUT2D eigenvalue weighted by Gasteiger charge is -2.21. The highest BCUT2D eigenvalue weighted by Crippen LogP contribution is 2.21. The maximum absolute atomic E-state index is 5.59. The van der Waals surface area contributed by atoms with Gasteiger partial charge in [0.15, 0.2) is 0 Å². The second kappa shape index (κ2) is 4.73. The number of rotatable bonds is 5. The minimum atomic E-state index is 0.370. The molecule has 0 bridgehead atoms. The lowest BCUT2D eigenvalue weighted by Crippen LogP contribution is -2.23. The molecule has 0 heterocycles. The number of hydrogen-bond acceptors (Lipinski definition) is 1. The molecule has 2 N–H and O–H groups in total. The van der Waals surface area contributed by atoms with E-state index in [0.717, 1.165) is 6.54 Å². The second-order valence-electron chi connectivity index (χ2n) is 3.83. The van der Waals surface area contributed by atoms with Crippen LogP contribution in [0.5, 0.6) is 0 Å². The van der Waals surface area contributed by atoms with Crippen molar-refractivity contribution in [3.63, 3.8) is 0 Å². The molecule has 0 aromatic heterocycles. The molecule has 0 aliphatic rings. The summed E-state index contributed by atoms with van der Waals surface area (Å²) in [5.74, 6) is 0. The van der Waals surface area contributed by atoms with Gasteiger partial charge >= 0.3 is 0 Å². The standard InChI is InChI=1S/C9H21N/c1-4-5-6-7-9(2,3)8-10/h4-8,10H2,1-3H3. The quantitative estimate of drug-likeness (QED) is 0.588. The van der Waals surface area contributed by atoms with Gasteiger partial charge in [0.2, 0.25) is 0 Å². The van der Waals surface area contributed by atoms with Crippen LogP contribution in [0.1, 0.15) is 46.5 Å². The Morgan fingerprint density at radius 3 is 2.20 bits per heavy atom. The molecule has 0 saturated heterocycles. The van der Waals surface area contributed by atoms with Gasteiger partial charge in [0.05, 0.1) is 0 Å². The molecule has 0 atom stereocenters. The largest absolute Gasteiger partial charge is 0.330 e. The van der Waals surface area contributed by atoms with E-state index in [1.807, 2.05) is 0 Å². The molecule has 62 valence electrons. The summed E-state index contributed by atoms with van der Waals surface area (Å²) in [6, 6.07) is 0. The Hall–Kier alpha value is -0.0400. The Morgan fingerprint density at radius 2 is 1.80 bits per heavy atom. The maximum Gasteiger partial charge on any atom is -0.00258 e. The molecule has 0 spiro atoms. The third-order valence-electron chi connectivity index (χ3n) is 2.01. The van der Waals surface area contributed by atoms with E-state index in [1.54, 1.807) is 0 Å². The molecule has 0 aromatic carbocycles. The first-order valence-corrected chi connectivity index (χ1v) is 4.32. The van der Waals surface area contributed by atoms with E-state index in [0.29, 0.717) is 5.41 Å². The van der Waals surface area contributed by atoms with Gasteiger partial charge in [0.25, 0.3) is 0 Å². The van der Waals surface area contributed by atoms with Gasteiger partial charge in [-0.3, -0.25) is 0 Å². The lowest BCUT2D eigenvalue weighted by molar-refractivity contribution is 0.332. The van der Waals surface area contributed by atoms with Crippen LogP contribution in [-0.4, -0.2) is 6.54 Å². The smallest absolute Gasteiger partial charge is 0.00258 e. The van der Waals surface area contributed by atoms with Gasteiger partial charge in [-0.05, 0) is 18.4 Å². The average molecular weight is 143 g/mol. The number of hydrogen-bond donors (Lipinski definition) is 1. The summed E-state index contributed by atoms with van der Waals surface area (Å²) < 4.78 is 0.